The van der Waals surface area contributed by atoms with E-state index in [9.17, 15) is 13.2 Å². The van der Waals surface area contributed by atoms with E-state index in [2.05, 4.69) is 4.72 Å². The van der Waals surface area contributed by atoms with Crippen LogP contribution in [0.15, 0.2) is 41.3 Å². The molecule has 1 aliphatic rings. The number of nitrogens with zero attached hydrogens (tertiary/aromatic N) is 1. The number of ether oxygens (including phenoxy) is 1. The second-order valence-corrected chi connectivity index (χ2v) is 8.51. The molecular formula is C20H24N2O4S. The fourth-order valence-electron chi connectivity index (χ4n) is 3.16. The van der Waals surface area contributed by atoms with Crippen LogP contribution >= 0.6 is 0 Å². The number of amides is 1. The second-order valence-electron chi connectivity index (χ2n) is 6.86. The van der Waals surface area contributed by atoms with E-state index < -0.39 is 10.0 Å². The number of sulfonamides is 1. The standard InChI is InChI=1S/C20H24N2O4S/c1-13-12-20(14(2)11-19(13)26-4)27(24,25)21-16-5-7-17(8-6-16)22(15(3)23)18-9-10-18/h5-8,11-12,18,21H,9-10H2,1-4H3. The first-order valence-electron chi connectivity index (χ1n) is 8.81. The molecule has 3 rings (SSSR count). The Morgan fingerprint density at radius 2 is 1.74 bits per heavy atom. The number of nitrogens with one attached hydrogen (secondary N) is 1. The largest absolute Gasteiger partial charge is 0.496 e. The number of carbonyl (C=O) groups excluding carboxylic acids is 1. The Bertz CT molecular complexity index is 964. The summed E-state index contributed by atoms with van der Waals surface area (Å²) in [7, 11) is -2.17. The highest BCUT2D eigenvalue weighted by atomic mass is 32.2. The molecule has 0 bridgehead atoms. The highest BCUT2D eigenvalue weighted by Crippen LogP contribution is 2.33. The minimum atomic E-state index is -3.73. The molecule has 7 heteroatoms. The summed E-state index contributed by atoms with van der Waals surface area (Å²) in [6.07, 6.45) is 2.01. The molecule has 144 valence electrons. The van der Waals surface area contributed by atoms with Crippen LogP contribution in [0, 0.1) is 13.8 Å². The molecule has 1 N–H and O–H groups in total. The van der Waals surface area contributed by atoms with Gasteiger partial charge >= 0.3 is 0 Å². The average Bonchev–Trinajstić information content (AvgIpc) is 3.42. The second kappa shape index (κ2) is 7.23. The summed E-state index contributed by atoms with van der Waals surface area (Å²) in [5.74, 6) is 0.648. The number of hydrogen-bond acceptors (Lipinski definition) is 4. The van der Waals surface area contributed by atoms with Crippen LogP contribution in [0.2, 0.25) is 0 Å². The molecule has 1 aliphatic carbocycles. The minimum absolute atomic E-state index is 0.00448. The van der Waals surface area contributed by atoms with Crippen molar-refractivity contribution < 1.29 is 17.9 Å². The summed E-state index contributed by atoms with van der Waals surface area (Å²) in [6, 6.07) is 10.5. The molecule has 0 atom stereocenters. The Morgan fingerprint density at radius 3 is 2.26 bits per heavy atom. The average molecular weight is 388 g/mol. The van der Waals surface area contributed by atoms with Crippen LogP contribution in [0.3, 0.4) is 0 Å². The third kappa shape index (κ3) is 4.08. The molecule has 1 fully saturated rings. The van der Waals surface area contributed by atoms with E-state index in [0.29, 0.717) is 17.0 Å². The minimum Gasteiger partial charge on any atom is -0.496 e. The Hall–Kier alpha value is -2.54. The highest BCUT2D eigenvalue weighted by Gasteiger charge is 2.32. The molecule has 0 heterocycles. The lowest BCUT2D eigenvalue weighted by molar-refractivity contribution is -0.116. The maximum absolute atomic E-state index is 12.8. The molecule has 27 heavy (non-hydrogen) atoms. The summed E-state index contributed by atoms with van der Waals surface area (Å²) in [4.78, 5) is 13.8. The van der Waals surface area contributed by atoms with E-state index in [1.165, 1.54) is 0 Å². The van der Waals surface area contributed by atoms with Crippen molar-refractivity contribution in [1.82, 2.24) is 0 Å². The van der Waals surface area contributed by atoms with Crippen molar-refractivity contribution in [2.75, 3.05) is 16.7 Å². The SMILES string of the molecule is COc1cc(C)c(S(=O)(=O)Nc2ccc(N(C(C)=O)C3CC3)cc2)cc1C. The first-order valence-corrected chi connectivity index (χ1v) is 10.3. The van der Waals surface area contributed by atoms with Crippen LogP contribution in [0.25, 0.3) is 0 Å². The predicted molar refractivity (Wildman–Crippen MR) is 106 cm³/mol. The number of methoxy groups -OCH3 is 1. The normalized spacial score (nSPS) is 13.9. The molecule has 6 nitrogen and oxygen atoms in total. The molecule has 0 unspecified atom stereocenters. The van der Waals surface area contributed by atoms with Gasteiger partial charge in [0.2, 0.25) is 5.91 Å². The van der Waals surface area contributed by atoms with Crippen LogP contribution in [-0.2, 0) is 14.8 Å². The zero-order valence-corrected chi connectivity index (χ0v) is 16.8. The summed E-state index contributed by atoms with van der Waals surface area (Å²) >= 11 is 0. The van der Waals surface area contributed by atoms with Gasteiger partial charge in [0.15, 0.2) is 0 Å². The van der Waals surface area contributed by atoms with Crippen LogP contribution in [0.4, 0.5) is 11.4 Å². The van der Waals surface area contributed by atoms with E-state index in [0.717, 1.165) is 24.1 Å². The van der Waals surface area contributed by atoms with Gasteiger partial charge < -0.3 is 9.64 Å². The topological polar surface area (TPSA) is 75.7 Å². The molecule has 0 aromatic heterocycles. The lowest BCUT2D eigenvalue weighted by Gasteiger charge is -2.21. The van der Waals surface area contributed by atoms with Crippen molar-refractivity contribution in [1.29, 1.82) is 0 Å². The molecule has 0 radical (unpaired) electrons. The van der Waals surface area contributed by atoms with E-state index in [-0.39, 0.29) is 16.8 Å². The molecule has 2 aromatic carbocycles. The van der Waals surface area contributed by atoms with Gasteiger partial charge in [-0.2, -0.15) is 0 Å². The number of aryl methyl sites for hydroxylation is 2. The quantitative estimate of drug-likeness (QED) is 0.820. The van der Waals surface area contributed by atoms with Crippen molar-refractivity contribution in [3.63, 3.8) is 0 Å². The van der Waals surface area contributed by atoms with Gasteiger partial charge in [-0.15, -0.1) is 0 Å². The maximum Gasteiger partial charge on any atom is 0.262 e. The highest BCUT2D eigenvalue weighted by molar-refractivity contribution is 7.92. The first kappa shape index (κ1) is 19.2. The number of benzene rings is 2. The third-order valence-corrected chi connectivity index (χ3v) is 6.15. The van der Waals surface area contributed by atoms with Crippen molar-refractivity contribution in [3.05, 3.63) is 47.5 Å². The zero-order valence-electron chi connectivity index (χ0n) is 15.9. The Morgan fingerprint density at radius 1 is 1.11 bits per heavy atom. The molecule has 1 amide bonds. The van der Waals surface area contributed by atoms with Crippen LogP contribution in [-0.4, -0.2) is 27.5 Å². The fourth-order valence-corrected chi connectivity index (χ4v) is 4.53. The van der Waals surface area contributed by atoms with E-state index in [4.69, 9.17) is 4.74 Å². The molecule has 0 spiro atoms. The third-order valence-electron chi connectivity index (χ3n) is 4.63. The van der Waals surface area contributed by atoms with Crippen molar-refractivity contribution in [3.8, 4) is 5.75 Å². The van der Waals surface area contributed by atoms with Gasteiger partial charge in [-0.3, -0.25) is 9.52 Å². The van der Waals surface area contributed by atoms with Crippen LogP contribution in [0.5, 0.6) is 5.75 Å². The van der Waals surface area contributed by atoms with E-state index >= 15 is 0 Å². The van der Waals surface area contributed by atoms with Gasteiger partial charge in [0.25, 0.3) is 10.0 Å². The number of carbonyl (C=O) groups is 1. The van der Waals surface area contributed by atoms with Gasteiger partial charge in [0.05, 0.1) is 12.0 Å². The lowest BCUT2D eigenvalue weighted by atomic mass is 10.1. The van der Waals surface area contributed by atoms with Crippen molar-refractivity contribution in [2.24, 2.45) is 0 Å². The smallest absolute Gasteiger partial charge is 0.262 e. The van der Waals surface area contributed by atoms with Crippen molar-refractivity contribution >= 4 is 27.3 Å². The monoisotopic (exact) mass is 388 g/mol. The van der Waals surface area contributed by atoms with Gasteiger partial charge in [-0.1, -0.05) is 0 Å². The Kier molecular flexibility index (Phi) is 5.15. The Balaban J connectivity index is 1.84. The predicted octanol–water partition coefficient (Wildman–Crippen LogP) is 3.63. The Labute approximate surface area is 160 Å². The summed E-state index contributed by atoms with van der Waals surface area (Å²) < 4.78 is 33.5. The van der Waals surface area contributed by atoms with E-state index in [1.54, 1.807) is 69.2 Å². The molecule has 2 aromatic rings. The van der Waals surface area contributed by atoms with Gasteiger partial charge in [0.1, 0.15) is 5.75 Å². The maximum atomic E-state index is 12.8. The molecule has 0 saturated heterocycles. The molecule has 1 saturated carbocycles. The summed E-state index contributed by atoms with van der Waals surface area (Å²) in [5.41, 5.74) is 2.59. The van der Waals surface area contributed by atoms with Crippen LogP contribution in [0.1, 0.15) is 30.9 Å². The molecular weight excluding hydrogens is 364 g/mol. The first-order chi connectivity index (χ1) is 12.7. The number of hydrogen-bond donors (Lipinski definition) is 1. The van der Waals surface area contributed by atoms with Crippen molar-refractivity contribution in [2.45, 2.75) is 44.6 Å². The van der Waals surface area contributed by atoms with Crippen LogP contribution < -0.4 is 14.4 Å². The zero-order chi connectivity index (χ0) is 19.8. The summed E-state index contributed by atoms with van der Waals surface area (Å²) in [6.45, 7) is 5.09. The van der Waals surface area contributed by atoms with Gasteiger partial charge in [-0.25, -0.2) is 8.42 Å². The van der Waals surface area contributed by atoms with Gasteiger partial charge in [-0.05, 0) is 74.2 Å². The molecule has 0 aliphatic heterocycles. The number of anilines is 2. The number of rotatable bonds is 6. The lowest BCUT2D eigenvalue weighted by Crippen LogP contribution is -2.30. The summed E-state index contributed by atoms with van der Waals surface area (Å²) in [5, 5.41) is 0. The van der Waals surface area contributed by atoms with E-state index in [1.807, 2.05) is 0 Å². The fraction of sp³-hybridized carbons (Fsp3) is 0.350. The van der Waals surface area contributed by atoms with Gasteiger partial charge in [0, 0.05) is 24.3 Å².